The number of unbranched alkanes of at least 4 members (excludes halogenated alkanes) is 2. The van der Waals surface area contributed by atoms with Gasteiger partial charge in [-0.15, -0.1) is 0 Å². The zero-order valence-corrected chi connectivity index (χ0v) is 17.5. The Balaban J connectivity index is 2.01. The molecule has 0 spiro atoms. The number of pyridine rings is 1. The third-order valence-corrected chi connectivity index (χ3v) is 5.70. The number of anilines is 2. The van der Waals surface area contributed by atoms with Crippen LogP contribution in [-0.4, -0.2) is 4.98 Å². The highest BCUT2D eigenvalue weighted by Crippen LogP contribution is 2.29. The van der Waals surface area contributed by atoms with Gasteiger partial charge in [-0.2, -0.15) is 9.66 Å². The Hall–Kier alpha value is -3.03. The molecule has 0 aliphatic rings. The van der Waals surface area contributed by atoms with Crippen molar-refractivity contribution in [1.82, 2.24) is 4.98 Å². The second-order valence-corrected chi connectivity index (χ2v) is 7.79. The fourth-order valence-electron chi connectivity index (χ4n) is 3.92. The average molecular weight is 404 g/mol. The summed E-state index contributed by atoms with van der Waals surface area (Å²) in [7, 11) is 0. The van der Waals surface area contributed by atoms with Crippen molar-refractivity contribution in [1.29, 1.82) is 5.26 Å². The van der Waals surface area contributed by atoms with Gasteiger partial charge in [-0.1, -0.05) is 43.5 Å². The molecule has 0 atom stereocenters. The van der Waals surface area contributed by atoms with Crippen molar-refractivity contribution in [2.75, 3.05) is 5.32 Å². The van der Waals surface area contributed by atoms with Gasteiger partial charge in [0.25, 0.3) is 0 Å². The number of H-pyrrole nitrogens is 1. The Morgan fingerprint density at radius 2 is 1.86 bits per heavy atom. The van der Waals surface area contributed by atoms with Crippen LogP contribution in [0.25, 0.3) is 16.7 Å². The molecule has 0 fully saturated rings. The summed E-state index contributed by atoms with van der Waals surface area (Å²) in [6, 6.07) is 18.3. The molecule has 2 aromatic carbocycles. The Labute approximate surface area is 175 Å². The SMILES string of the molecule is CCCCCc1c(C)c(C#N)c2[nH]c3ccccc3[n+]2c1Nc1ccc(Cl)cc1. The molecule has 0 aliphatic carbocycles. The summed E-state index contributed by atoms with van der Waals surface area (Å²) in [5, 5.41) is 14.3. The van der Waals surface area contributed by atoms with Crippen molar-refractivity contribution in [2.45, 2.75) is 39.5 Å². The van der Waals surface area contributed by atoms with Gasteiger partial charge < -0.3 is 0 Å². The molecule has 4 rings (SSSR count). The normalized spacial score (nSPS) is 11.1. The molecule has 2 N–H and O–H groups in total. The van der Waals surface area contributed by atoms with Gasteiger partial charge in [-0.05, 0) is 61.7 Å². The highest BCUT2D eigenvalue weighted by atomic mass is 35.5. The predicted octanol–water partition coefficient (Wildman–Crippen LogP) is 6.22. The molecule has 0 bridgehead atoms. The lowest BCUT2D eigenvalue weighted by Crippen LogP contribution is -2.28. The summed E-state index contributed by atoms with van der Waals surface area (Å²) in [4.78, 5) is 3.45. The minimum atomic E-state index is 0.703. The molecule has 0 amide bonds. The average Bonchev–Trinajstić information content (AvgIpc) is 3.11. The van der Waals surface area contributed by atoms with Crippen LogP contribution in [0.1, 0.15) is 42.9 Å². The minimum Gasteiger partial charge on any atom is -0.273 e. The van der Waals surface area contributed by atoms with Crippen LogP contribution in [0, 0.1) is 18.3 Å². The number of nitriles is 1. The van der Waals surface area contributed by atoms with Gasteiger partial charge in [-0.3, -0.25) is 10.3 Å². The third kappa shape index (κ3) is 3.54. The van der Waals surface area contributed by atoms with Crippen molar-refractivity contribution in [3.05, 3.63) is 70.2 Å². The van der Waals surface area contributed by atoms with Crippen LogP contribution in [0.15, 0.2) is 48.5 Å². The number of hydrogen-bond donors (Lipinski definition) is 2. The highest BCUT2D eigenvalue weighted by Gasteiger charge is 2.25. The van der Waals surface area contributed by atoms with Crippen LogP contribution in [0.5, 0.6) is 0 Å². The maximum atomic E-state index is 9.93. The molecule has 5 heteroatoms. The van der Waals surface area contributed by atoms with E-state index >= 15 is 0 Å². The summed E-state index contributed by atoms with van der Waals surface area (Å²) in [6.07, 6.45) is 4.34. The van der Waals surface area contributed by atoms with E-state index < -0.39 is 0 Å². The molecule has 29 heavy (non-hydrogen) atoms. The van der Waals surface area contributed by atoms with E-state index in [2.05, 4.69) is 40.7 Å². The summed E-state index contributed by atoms with van der Waals surface area (Å²) in [5.74, 6) is 1.01. The van der Waals surface area contributed by atoms with Crippen molar-refractivity contribution in [2.24, 2.45) is 0 Å². The second-order valence-electron chi connectivity index (χ2n) is 7.35. The number of nitrogens with zero attached hydrogens (tertiary/aromatic N) is 2. The number of nitrogens with one attached hydrogen (secondary N) is 2. The molecule has 2 heterocycles. The van der Waals surface area contributed by atoms with Gasteiger partial charge in [0.05, 0.1) is 5.69 Å². The van der Waals surface area contributed by atoms with Crippen molar-refractivity contribution < 1.29 is 4.40 Å². The Bertz CT molecular complexity index is 1220. The lowest BCUT2D eigenvalue weighted by Gasteiger charge is -2.14. The van der Waals surface area contributed by atoms with Crippen molar-refractivity contribution >= 4 is 39.8 Å². The summed E-state index contributed by atoms with van der Waals surface area (Å²) < 4.78 is 2.15. The Morgan fingerprint density at radius 1 is 1.10 bits per heavy atom. The number of halogens is 1. The first-order chi connectivity index (χ1) is 14.1. The number of hydrogen-bond acceptors (Lipinski definition) is 2. The van der Waals surface area contributed by atoms with Gasteiger partial charge in [0.15, 0.2) is 0 Å². The first kappa shape index (κ1) is 19.3. The van der Waals surface area contributed by atoms with E-state index in [1.165, 1.54) is 5.56 Å². The Morgan fingerprint density at radius 3 is 2.59 bits per heavy atom. The summed E-state index contributed by atoms with van der Waals surface area (Å²) in [5.41, 5.74) is 6.77. The second kappa shape index (κ2) is 8.14. The number of rotatable bonds is 6. The maximum Gasteiger partial charge on any atom is 0.250 e. The third-order valence-electron chi connectivity index (χ3n) is 5.44. The fourth-order valence-corrected chi connectivity index (χ4v) is 4.05. The van der Waals surface area contributed by atoms with E-state index in [9.17, 15) is 5.26 Å². The van der Waals surface area contributed by atoms with Gasteiger partial charge in [-0.25, -0.2) is 0 Å². The fraction of sp³-hybridized carbons (Fsp3) is 0.250. The number of para-hydroxylation sites is 2. The van der Waals surface area contributed by atoms with Gasteiger partial charge in [0.2, 0.25) is 11.5 Å². The van der Waals surface area contributed by atoms with Crippen LogP contribution in [-0.2, 0) is 6.42 Å². The minimum absolute atomic E-state index is 0.703. The summed E-state index contributed by atoms with van der Waals surface area (Å²) >= 11 is 6.08. The molecule has 0 saturated carbocycles. The largest absolute Gasteiger partial charge is 0.273 e. The maximum absolute atomic E-state index is 9.93. The van der Waals surface area contributed by atoms with E-state index in [0.29, 0.717) is 10.6 Å². The lowest BCUT2D eigenvalue weighted by molar-refractivity contribution is -0.465. The molecule has 4 nitrogen and oxygen atoms in total. The van der Waals surface area contributed by atoms with E-state index in [-0.39, 0.29) is 0 Å². The molecule has 0 saturated heterocycles. The van der Waals surface area contributed by atoms with Gasteiger partial charge in [0, 0.05) is 10.6 Å². The van der Waals surface area contributed by atoms with Crippen LogP contribution < -0.4 is 9.72 Å². The molecule has 146 valence electrons. The number of aromatic amines is 1. The van der Waals surface area contributed by atoms with Crippen molar-refractivity contribution in [3.8, 4) is 6.07 Å². The van der Waals surface area contributed by atoms with Crippen LogP contribution >= 0.6 is 11.6 Å². The first-order valence-electron chi connectivity index (χ1n) is 10.0. The first-order valence-corrected chi connectivity index (χ1v) is 10.4. The predicted molar refractivity (Wildman–Crippen MR) is 119 cm³/mol. The van der Waals surface area contributed by atoms with E-state index in [1.807, 2.05) is 42.5 Å². The molecule has 2 aromatic heterocycles. The van der Waals surface area contributed by atoms with Gasteiger partial charge in [0.1, 0.15) is 22.7 Å². The smallest absolute Gasteiger partial charge is 0.250 e. The van der Waals surface area contributed by atoms with Crippen LogP contribution in [0.3, 0.4) is 0 Å². The molecule has 0 aliphatic heterocycles. The number of fused-ring (bicyclic) bond motifs is 3. The monoisotopic (exact) mass is 403 g/mol. The van der Waals surface area contributed by atoms with Crippen LogP contribution in [0.4, 0.5) is 11.5 Å². The standard InChI is InChI=1S/C24H23ClN4/c1-3-4-5-8-19-16(2)20(15-26)24-28-21-9-6-7-10-22(21)29(24)23(19)27-18-13-11-17(25)12-14-18/h6-7,9-14H,3-5,8H2,1-2H3,(H,27,28)/p+1. The topological polar surface area (TPSA) is 55.7 Å². The quantitative estimate of drug-likeness (QED) is 0.296. The van der Waals surface area contributed by atoms with Crippen LogP contribution in [0.2, 0.25) is 5.02 Å². The summed E-state index contributed by atoms with van der Waals surface area (Å²) in [6.45, 7) is 4.26. The van der Waals surface area contributed by atoms with E-state index in [1.54, 1.807) is 0 Å². The number of aromatic nitrogens is 2. The highest BCUT2D eigenvalue weighted by molar-refractivity contribution is 6.30. The molecular formula is C24H24ClN4+. The molecule has 0 radical (unpaired) electrons. The van der Waals surface area contributed by atoms with Gasteiger partial charge >= 0.3 is 0 Å². The van der Waals surface area contributed by atoms with Crippen molar-refractivity contribution in [3.63, 3.8) is 0 Å². The van der Waals surface area contributed by atoms with E-state index in [0.717, 1.165) is 59.4 Å². The lowest BCUT2D eigenvalue weighted by atomic mass is 9.99. The Kier molecular flexibility index (Phi) is 5.42. The zero-order chi connectivity index (χ0) is 20.4. The number of benzene rings is 2. The molecule has 0 unspecified atom stereocenters. The molecular weight excluding hydrogens is 380 g/mol. The number of imidazole rings is 1. The zero-order valence-electron chi connectivity index (χ0n) is 16.7. The molecule has 4 aromatic rings. The van der Waals surface area contributed by atoms with E-state index in [4.69, 9.17) is 11.6 Å².